The van der Waals surface area contributed by atoms with Gasteiger partial charge in [0.1, 0.15) is 18.0 Å². The molecule has 1 unspecified atom stereocenters. The van der Waals surface area contributed by atoms with Crippen LogP contribution in [0.25, 0.3) is 5.69 Å². The van der Waals surface area contributed by atoms with Gasteiger partial charge < -0.3 is 9.47 Å². The molecule has 0 N–H and O–H groups in total. The third-order valence-corrected chi connectivity index (χ3v) is 11.5. The van der Waals surface area contributed by atoms with Crippen LogP contribution >= 0.6 is 33.2 Å². The second-order valence-electron chi connectivity index (χ2n) is 9.80. The molecular weight excluding hydrogens is 551 g/mol. The summed E-state index contributed by atoms with van der Waals surface area (Å²) in [5.74, 6) is 1.63. The maximum Gasteiger partial charge on any atom is 0.337 e. The predicted molar refractivity (Wildman–Crippen MR) is 162 cm³/mol. The molecule has 5 nitrogen and oxygen atoms in total. The van der Waals surface area contributed by atoms with E-state index in [0.29, 0.717) is 27.9 Å². The Labute approximate surface area is 242 Å². The van der Waals surface area contributed by atoms with Crippen LogP contribution in [0.2, 0.25) is 10.0 Å². The first-order valence-electron chi connectivity index (χ1n) is 12.8. The van der Waals surface area contributed by atoms with Gasteiger partial charge in [-0.05, 0) is 94.3 Å². The van der Waals surface area contributed by atoms with Crippen LogP contribution < -0.4 is 4.74 Å². The lowest BCUT2D eigenvalue weighted by atomic mass is 10.0. The minimum absolute atomic E-state index is 0.248. The molecule has 1 aromatic heterocycles. The lowest BCUT2D eigenvalue weighted by Crippen LogP contribution is -2.10. The molecule has 8 heteroatoms. The normalized spacial score (nSPS) is 13.7. The zero-order valence-electron chi connectivity index (χ0n) is 23.1. The van der Waals surface area contributed by atoms with Crippen LogP contribution in [0.1, 0.15) is 53.9 Å². The van der Waals surface area contributed by atoms with Gasteiger partial charge in [0, 0.05) is 0 Å². The van der Waals surface area contributed by atoms with Crippen molar-refractivity contribution in [2.24, 2.45) is 0 Å². The Hall–Kier alpha value is -2.93. The van der Waals surface area contributed by atoms with E-state index < -0.39 is 10.0 Å². The average molecular weight is 586 g/mol. The molecule has 0 amide bonds. The molecular formula is C31H34Cl2N2O3S. The number of halogens is 2. The van der Waals surface area contributed by atoms with E-state index in [1.807, 2.05) is 30.5 Å². The molecule has 0 aliphatic carbocycles. The van der Waals surface area contributed by atoms with Crippen LogP contribution in [0.5, 0.6) is 5.75 Å². The van der Waals surface area contributed by atoms with Gasteiger partial charge in [-0.15, -0.1) is 0 Å². The SMILES string of the molecule is CCS(C)(c1cccc(C(=O)OC)c1)c1ccc(OCc2c(C(C)C)cnn2-c2c(Cl)cccc2Cl)cc1C. The largest absolute Gasteiger partial charge is 0.487 e. The quantitative estimate of drug-likeness (QED) is 0.184. The Morgan fingerprint density at radius 3 is 2.36 bits per heavy atom. The van der Waals surface area contributed by atoms with Crippen LogP contribution in [0.3, 0.4) is 0 Å². The number of para-hydroxylation sites is 1. The monoisotopic (exact) mass is 584 g/mol. The third kappa shape index (κ3) is 5.84. The Morgan fingerprint density at radius 2 is 1.74 bits per heavy atom. The second kappa shape index (κ2) is 12.1. The van der Waals surface area contributed by atoms with Crippen LogP contribution in [0, 0.1) is 6.92 Å². The summed E-state index contributed by atoms with van der Waals surface area (Å²) in [6, 6.07) is 19.5. The van der Waals surface area contributed by atoms with Crippen molar-refractivity contribution >= 4 is 39.2 Å². The molecule has 1 heterocycles. The van der Waals surface area contributed by atoms with Gasteiger partial charge in [-0.2, -0.15) is 15.1 Å². The fourth-order valence-corrected chi connectivity index (χ4v) is 8.10. The molecule has 4 aromatic rings. The van der Waals surface area contributed by atoms with E-state index in [4.69, 9.17) is 32.7 Å². The number of ether oxygens (including phenoxy) is 2. The first-order valence-corrected chi connectivity index (χ1v) is 15.8. The number of esters is 1. The summed E-state index contributed by atoms with van der Waals surface area (Å²) >= 11 is 13.0. The molecule has 0 aliphatic heterocycles. The highest BCUT2D eigenvalue weighted by Gasteiger charge is 2.25. The molecule has 1 atom stereocenters. The van der Waals surface area contributed by atoms with Crippen molar-refractivity contribution in [2.45, 2.75) is 50.0 Å². The van der Waals surface area contributed by atoms with Gasteiger partial charge in [-0.1, -0.05) is 56.1 Å². The summed E-state index contributed by atoms with van der Waals surface area (Å²) in [6.45, 7) is 8.87. The van der Waals surface area contributed by atoms with Gasteiger partial charge in [0.2, 0.25) is 0 Å². The highest BCUT2D eigenvalue weighted by molar-refractivity contribution is 8.33. The summed E-state index contributed by atoms with van der Waals surface area (Å²) in [5.41, 5.74) is 4.34. The number of aromatic nitrogens is 2. The molecule has 0 radical (unpaired) electrons. The summed E-state index contributed by atoms with van der Waals surface area (Å²) in [6.07, 6.45) is 4.14. The van der Waals surface area contributed by atoms with Crippen LogP contribution in [-0.2, 0) is 11.3 Å². The van der Waals surface area contributed by atoms with Crippen molar-refractivity contribution in [3.63, 3.8) is 0 Å². The molecule has 39 heavy (non-hydrogen) atoms. The average Bonchev–Trinajstić information content (AvgIpc) is 3.34. The van der Waals surface area contributed by atoms with Crippen molar-refractivity contribution in [1.82, 2.24) is 9.78 Å². The van der Waals surface area contributed by atoms with E-state index in [1.165, 1.54) is 12.0 Å². The lowest BCUT2D eigenvalue weighted by Gasteiger charge is -2.37. The van der Waals surface area contributed by atoms with E-state index in [-0.39, 0.29) is 11.9 Å². The van der Waals surface area contributed by atoms with Crippen LogP contribution in [0.15, 0.2) is 76.7 Å². The first kappa shape index (κ1) is 29.1. The van der Waals surface area contributed by atoms with Gasteiger partial charge in [0.25, 0.3) is 0 Å². The lowest BCUT2D eigenvalue weighted by molar-refractivity contribution is 0.0600. The van der Waals surface area contributed by atoms with Gasteiger partial charge in [-0.25, -0.2) is 9.48 Å². The minimum Gasteiger partial charge on any atom is -0.487 e. The highest BCUT2D eigenvalue weighted by Crippen LogP contribution is 2.60. The fraction of sp³-hybridized carbons (Fsp3) is 0.290. The molecule has 3 aromatic carbocycles. The van der Waals surface area contributed by atoms with Crippen molar-refractivity contribution in [3.8, 4) is 11.4 Å². The van der Waals surface area contributed by atoms with Gasteiger partial charge in [0.05, 0.1) is 34.6 Å². The zero-order chi connectivity index (χ0) is 28.3. The fourth-order valence-electron chi connectivity index (χ4n) is 4.74. The number of hydrogen-bond donors (Lipinski definition) is 0. The molecule has 206 valence electrons. The molecule has 0 saturated carbocycles. The van der Waals surface area contributed by atoms with Gasteiger partial charge in [0.15, 0.2) is 0 Å². The predicted octanol–water partition coefficient (Wildman–Crippen LogP) is 8.85. The number of methoxy groups -OCH3 is 1. The topological polar surface area (TPSA) is 53.4 Å². The number of rotatable bonds is 9. The number of nitrogens with zero attached hydrogens (tertiary/aromatic N) is 2. The second-order valence-corrected chi connectivity index (χ2v) is 14.3. The third-order valence-electron chi connectivity index (χ3n) is 7.03. The summed E-state index contributed by atoms with van der Waals surface area (Å²) in [5, 5.41) is 5.67. The Balaban J connectivity index is 1.65. The molecule has 0 bridgehead atoms. The van der Waals surface area contributed by atoms with Gasteiger partial charge in [-0.3, -0.25) is 0 Å². The number of benzene rings is 3. The number of aryl methyl sites for hydroxylation is 1. The molecule has 0 fully saturated rings. The Bertz CT molecular complexity index is 1480. The minimum atomic E-state index is -1.38. The van der Waals surface area contributed by atoms with E-state index in [1.54, 1.807) is 22.9 Å². The maximum absolute atomic E-state index is 12.2. The number of carbonyl (C=O) groups is 1. The van der Waals surface area contributed by atoms with E-state index in [2.05, 4.69) is 57.2 Å². The Morgan fingerprint density at radius 1 is 1.05 bits per heavy atom. The summed E-state index contributed by atoms with van der Waals surface area (Å²) < 4.78 is 13.1. The van der Waals surface area contributed by atoms with E-state index in [9.17, 15) is 4.79 Å². The molecule has 0 aliphatic rings. The summed E-state index contributed by atoms with van der Waals surface area (Å²) in [4.78, 5) is 14.6. The number of hydrogen-bond acceptors (Lipinski definition) is 4. The smallest absolute Gasteiger partial charge is 0.337 e. The standard InChI is InChI=1S/C31H34Cl2N2O3S/c1-7-39(6,24-11-8-10-22(17-24)31(36)37-5)29-15-14-23(16-21(29)4)38-19-28-25(20(2)3)18-34-35(28)30-26(32)12-9-13-27(30)33/h8-18,20H,7,19H2,1-6H3. The Kier molecular flexibility index (Phi) is 9.00. The number of carbonyl (C=O) groups excluding carboxylic acids is 1. The molecule has 0 saturated heterocycles. The maximum atomic E-state index is 12.2. The van der Waals surface area contributed by atoms with Crippen molar-refractivity contribution in [2.75, 3.05) is 19.1 Å². The van der Waals surface area contributed by atoms with Crippen molar-refractivity contribution in [1.29, 1.82) is 0 Å². The van der Waals surface area contributed by atoms with Gasteiger partial charge >= 0.3 is 5.97 Å². The van der Waals surface area contributed by atoms with Crippen LogP contribution in [-0.4, -0.2) is 34.9 Å². The summed E-state index contributed by atoms with van der Waals surface area (Å²) in [7, 11) is 0.0254. The van der Waals surface area contributed by atoms with Crippen LogP contribution in [0.4, 0.5) is 0 Å². The van der Waals surface area contributed by atoms with E-state index >= 15 is 0 Å². The molecule has 0 spiro atoms. The van der Waals surface area contributed by atoms with E-state index in [0.717, 1.165) is 33.2 Å². The zero-order valence-corrected chi connectivity index (χ0v) is 25.5. The first-order chi connectivity index (χ1) is 18.6. The van der Waals surface area contributed by atoms with Crippen molar-refractivity contribution < 1.29 is 14.3 Å². The molecule has 4 rings (SSSR count). The highest BCUT2D eigenvalue weighted by atomic mass is 35.5. The van der Waals surface area contributed by atoms with Crippen molar-refractivity contribution in [3.05, 3.63) is 99.3 Å².